The average molecular weight is 325 g/mol. The Balaban J connectivity index is 1.72. The maximum Gasteiger partial charge on any atom is 0.356 e. The van der Waals surface area contributed by atoms with Crippen molar-refractivity contribution in [2.24, 2.45) is 0 Å². The Morgan fingerprint density at radius 3 is 2.88 bits per heavy atom. The van der Waals surface area contributed by atoms with E-state index < -0.39 is 11.8 Å². The summed E-state index contributed by atoms with van der Waals surface area (Å²) in [6.45, 7) is 1.54. The van der Waals surface area contributed by atoms with Gasteiger partial charge < -0.3 is 9.64 Å². The Hall–Kier alpha value is -2.94. The van der Waals surface area contributed by atoms with Crippen LogP contribution < -0.4 is 4.90 Å². The van der Waals surface area contributed by atoms with Gasteiger partial charge in [0.2, 0.25) is 0 Å². The molecule has 1 aliphatic rings. The summed E-state index contributed by atoms with van der Waals surface area (Å²) in [7, 11) is 1.32. The molecule has 1 saturated heterocycles. The number of hydrogen-bond donors (Lipinski definition) is 0. The van der Waals surface area contributed by atoms with E-state index in [9.17, 15) is 9.18 Å². The lowest BCUT2D eigenvalue weighted by molar-refractivity contribution is 0.0594. The van der Waals surface area contributed by atoms with Gasteiger partial charge in [0, 0.05) is 30.9 Å². The second-order valence-electron chi connectivity index (χ2n) is 5.68. The molecule has 2 aromatic rings. The predicted octanol–water partition coefficient (Wildman–Crippen LogP) is 2.87. The molecule has 24 heavy (non-hydrogen) atoms. The Morgan fingerprint density at radius 2 is 2.25 bits per heavy atom. The molecule has 1 fully saturated rings. The summed E-state index contributed by atoms with van der Waals surface area (Å²) in [5.74, 6) is -0.687. The van der Waals surface area contributed by atoms with Gasteiger partial charge in [-0.15, -0.1) is 0 Å². The molecule has 122 valence electrons. The molecule has 3 rings (SSSR count). The van der Waals surface area contributed by atoms with E-state index in [1.807, 2.05) is 12.1 Å². The zero-order chi connectivity index (χ0) is 17.1. The fourth-order valence-electron chi connectivity index (χ4n) is 2.93. The molecule has 5 nitrogen and oxygen atoms in total. The monoisotopic (exact) mass is 325 g/mol. The molecule has 0 bridgehead atoms. The highest BCUT2D eigenvalue weighted by Gasteiger charge is 2.25. The smallest absolute Gasteiger partial charge is 0.356 e. The highest BCUT2D eigenvalue weighted by molar-refractivity contribution is 5.87. The van der Waals surface area contributed by atoms with E-state index in [1.165, 1.54) is 19.2 Å². The van der Waals surface area contributed by atoms with Gasteiger partial charge in [-0.05, 0) is 36.2 Å². The lowest BCUT2D eigenvalue weighted by Crippen LogP contribution is -2.19. The third-order valence-corrected chi connectivity index (χ3v) is 4.28. The zero-order valence-electron chi connectivity index (χ0n) is 13.2. The number of nitrogens with zero attached hydrogens (tertiary/aromatic N) is 3. The van der Waals surface area contributed by atoms with Crippen molar-refractivity contribution in [1.82, 2.24) is 4.98 Å². The molecule has 2 heterocycles. The van der Waals surface area contributed by atoms with Crippen molar-refractivity contribution < 1.29 is 13.9 Å². The van der Waals surface area contributed by atoms with Crippen molar-refractivity contribution in [1.29, 1.82) is 5.26 Å². The van der Waals surface area contributed by atoms with Gasteiger partial charge in [-0.25, -0.2) is 14.2 Å². The van der Waals surface area contributed by atoms with Gasteiger partial charge in [-0.2, -0.15) is 5.26 Å². The van der Waals surface area contributed by atoms with E-state index in [-0.39, 0.29) is 17.2 Å². The van der Waals surface area contributed by atoms with E-state index in [2.05, 4.69) is 14.6 Å². The van der Waals surface area contributed by atoms with Gasteiger partial charge in [0.15, 0.2) is 0 Å². The molecule has 6 heteroatoms. The van der Waals surface area contributed by atoms with E-state index in [0.717, 1.165) is 30.8 Å². The standard InChI is InChI=1S/C18H16FN3O2/c1-24-18(23)17-5-3-13(10-21-17)14-6-7-22(11-14)15-4-2-12(9-20)16(19)8-15/h2-5,8,10,14H,6-7,11H2,1H3. The fraction of sp³-hybridized carbons (Fsp3) is 0.278. The maximum atomic E-state index is 13.8. The van der Waals surface area contributed by atoms with Crippen LogP contribution in [0.1, 0.15) is 34.0 Å². The lowest BCUT2D eigenvalue weighted by atomic mass is 10.0. The van der Waals surface area contributed by atoms with Gasteiger partial charge >= 0.3 is 5.97 Å². The van der Waals surface area contributed by atoms with Crippen LogP contribution in [-0.4, -0.2) is 31.2 Å². The number of aromatic nitrogens is 1. The molecule has 1 aromatic heterocycles. The van der Waals surface area contributed by atoms with Crippen molar-refractivity contribution >= 4 is 11.7 Å². The molecular weight excluding hydrogens is 309 g/mol. The van der Waals surface area contributed by atoms with Crippen LogP contribution in [0.5, 0.6) is 0 Å². The number of halogens is 1. The fourth-order valence-corrected chi connectivity index (χ4v) is 2.93. The highest BCUT2D eigenvalue weighted by atomic mass is 19.1. The molecule has 0 spiro atoms. The minimum Gasteiger partial charge on any atom is -0.464 e. The number of benzene rings is 1. The van der Waals surface area contributed by atoms with Crippen LogP contribution in [0.25, 0.3) is 0 Å². The first-order valence-corrected chi connectivity index (χ1v) is 7.61. The molecular formula is C18H16FN3O2. The first-order valence-electron chi connectivity index (χ1n) is 7.61. The van der Waals surface area contributed by atoms with E-state index in [4.69, 9.17) is 5.26 Å². The minimum absolute atomic E-state index is 0.0529. The van der Waals surface area contributed by atoms with Crippen molar-refractivity contribution in [3.63, 3.8) is 0 Å². The number of carbonyl (C=O) groups is 1. The van der Waals surface area contributed by atoms with Crippen LogP contribution >= 0.6 is 0 Å². The molecule has 1 aliphatic heterocycles. The number of ether oxygens (including phenoxy) is 1. The topological polar surface area (TPSA) is 66.2 Å². The van der Waals surface area contributed by atoms with Crippen molar-refractivity contribution in [3.8, 4) is 6.07 Å². The second kappa shape index (κ2) is 6.67. The molecule has 1 atom stereocenters. The summed E-state index contributed by atoms with van der Waals surface area (Å²) in [5, 5.41) is 8.80. The number of anilines is 1. The largest absolute Gasteiger partial charge is 0.464 e. The summed E-state index contributed by atoms with van der Waals surface area (Å²) in [4.78, 5) is 17.6. The predicted molar refractivity (Wildman–Crippen MR) is 86.3 cm³/mol. The lowest BCUT2D eigenvalue weighted by Gasteiger charge is -2.19. The average Bonchev–Trinajstić information content (AvgIpc) is 3.11. The number of carbonyl (C=O) groups excluding carboxylic acids is 1. The highest BCUT2D eigenvalue weighted by Crippen LogP contribution is 2.31. The summed E-state index contributed by atoms with van der Waals surface area (Å²) < 4.78 is 18.4. The molecule has 0 radical (unpaired) electrons. The molecule has 0 saturated carbocycles. The van der Waals surface area contributed by atoms with Crippen LogP contribution in [-0.2, 0) is 4.74 Å². The van der Waals surface area contributed by atoms with Crippen molar-refractivity contribution in [2.75, 3.05) is 25.1 Å². The SMILES string of the molecule is COC(=O)c1ccc(C2CCN(c3ccc(C#N)c(F)c3)C2)cn1. The molecule has 0 amide bonds. The summed E-state index contributed by atoms with van der Waals surface area (Å²) in [6.07, 6.45) is 2.61. The number of esters is 1. The summed E-state index contributed by atoms with van der Waals surface area (Å²) >= 11 is 0. The zero-order valence-corrected chi connectivity index (χ0v) is 13.2. The van der Waals surface area contributed by atoms with Crippen LogP contribution in [0.15, 0.2) is 36.5 Å². The van der Waals surface area contributed by atoms with E-state index >= 15 is 0 Å². The summed E-state index contributed by atoms with van der Waals surface area (Å²) in [6, 6.07) is 10.0. The van der Waals surface area contributed by atoms with E-state index in [0.29, 0.717) is 0 Å². The Kier molecular flexibility index (Phi) is 4.43. The number of hydrogen-bond acceptors (Lipinski definition) is 5. The third kappa shape index (κ3) is 3.06. The van der Waals surface area contributed by atoms with Crippen LogP contribution in [0, 0.1) is 17.1 Å². The number of methoxy groups -OCH3 is 1. The molecule has 0 aliphatic carbocycles. The quantitative estimate of drug-likeness (QED) is 0.812. The van der Waals surface area contributed by atoms with E-state index in [1.54, 1.807) is 18.3 Å². The first kappa shape index (κ1) is 15.9. The van der Waals surface area contributed by atoms with Gasteiger partial charge in [-0.3, -0.25) is 0 Å². The maximum absolute atomic E-state index is 13.8. The van der Waals surface area contributed by atoms with Gasteiger partial charge in [0.25, 0.3) is 0 Å². The van der Waals surface area contributed by atoms with Crippen LogP contribution in [0.4, 0.5) is 10.1 Å². The van der Waals surface area contributed by atoms with Crippen LogP contribution in [0.3, 0.4) is 0 Å². The van der Waals surface area contributed by atoms with Crippen molar-refractivity contribution in [2.45, 2.75) is 12.3 Å². The van der Waals surface area contributed by atoms with Crippen LogP contribution in [0.2, 0.25) is 0 Å². The third-order valence-electron chi connectivity index (χ3n) is 4.28. The Labute approximate surface area is 139 Å². The van der Waals surface area contributed by atoms with Crippen molar-refractivity contribution in [3.05, 3.63) is 59.2 Å². The molecule has 1 unspecified atom stereocenters. The van der Waals surface area contributed by atoms with Gasteiger partial charge in [-0.1, -0.05) is 6.07 Å². The summed E-state index contributed by atoms with van der Waals surface area (Å²) in [5.41, 5.74) is 2.15. The van der Waals surface area contributed by atoms with Gasteiger partial charge in [0.05, 0.1) is 12.7 Å². The number of nitriles is 1. The second-order valence-corrected chi connectivity index (χ2v) is 5.68. The van der Waals surface area contributed by atoms with Gasteiger partial charge in [0.1, 0.15) is 17.6 Å². The Morgan fingerprint density at radius 1 is 1.42 bits per heavy atom. The molecule has 0 N–H and O–H groups in total. The minimum atomic E-state index is -0.498. The normalized spacial score (nSPS) is 16.7. The number of rotatable bonds is 3. The Bertz CT molecular complexity index is 799. The molecule has 1 aromatic carbocycles. The first-order chi connectivity index (χ1) is 11.6. The number of pyridine rings is 1.